The Labute approximate surface area is 173 Å². The van der Waals surface area contributed by atoms with E-state index in [9.17, 15) is 13.2 Å². The van der Waals surface area contributed by atoms with Crippen LogP contribution in [0.15, 0.2) is 0 Å². The minimum absolute atomic E-state index is 0.147. The van der Waals surface area contributed by atoms with E-state index in [4.69, 9.17) is 5.11 Å². The van der Waals surface area contributed by atoms with Crippen molar-refractivity contribution < 1.29 is 18.3 Å². The van der Waals surface area contributed by atoms with Crippen LogP contribution >= 0.6 is 0 Å². The van der Waals surface area contributed by atoms with Crippen molar-refractivity contribution in [3.63, 3.8) is 0 Å². The lowest BCUT2D eigenvalue weighted by Crippen LogP contribution is -2.36. The molecule has 1 fully saturated rings. The fourth-order valence-corrected chi connectivity index (χ4v) is 5.67. The lowest BCUT2D eigenvalue weighted by molar-refractivity contribution is -0.137. The molecule has 0 heterocycles. The standard InChI is InChI=1S/C22H43NO4S/c24-22(25)19-15-10-8-6-4-2-1-3-5-7-9-11-16-20-23-28(26,27)21-17-13-12-14-18-21/h21,23H,1-20H2,(H,24,25). The van der Waals surface area contributed by atoms with Gasteiger partial charge in [0.25, 0.3) is 0 Å². The minimum Gasteiger partial charge on any atom is -0.481 e. The SMILES string of the molecule is O=C(O)CCCCCCCCCCCCCCCNS(=O)(=O)C1CCCCC1. The zero-order valence-corrected chi connectivity index (χ0v) is 18.6. The summed E-state index contributed by atoms with van der Waals surface area (Å²) >= 11 is 0. The molecule has 5 nitrogen and oxygen atoms in total. The molecule has 0 amide bonds. The molecule has 0 aromatic carbocycles. The molecule has 0 aromatic heterocycles. The Hall–Kier alpha value is -0.620. The zero-order valence-electron chi connectivity index (χ0n) is 17.8. The molecular formula is C22H43NO4S. The van der Waals surface area contributed by atoms with Crippen LogP contribution in [0.2, 0.25) is 0 Å². The third-order valence-corrected chi connectivity index (χ3v) is 7.82. The maximum atomic E-state index is 12.2. The predicted octanol–water partition coefficient (Wildman–Crippen LogP) is 5.78. The van der Waals surface area contributed by atoms with Crippen LogP contribution in [-0.4, -0.2) is 31.3 Å². The van der Waals surface area contributed by atoms with Gasteiger partial charge < -0.3 is 5.11 Å². The zero-order chi connectivity index (χ0) is 20.5. The largest absolute Gasteiger partial charge is 0.481 e. The van der Waals surface area contributed by atoms with Crippen molar-refractivity contribution in [2.24, 2.45) is 0 Å². The van der Waals surface area contributed by atoms with Crippen LogP contribution in [0, 0.1) is 0 Å². The van der Waals surface area contributed by atoms with Gasteiger partial charge in [-0.2, -0.15) is 0 Å². The Morgan fingerprint density at radius 3 is 1.61 bits per heavy atom. The van der Waals surface area contributed by atoms with E-state index in [0.29, 0.717) is 13.0 Å². The molecule has 1 saturated carbocycles. The average molecular weight is 418 g/mol. The summed E-state index contributed by atoms with van der Waals surface area (Å²) in [5, 5.41) is 8.42. The Morgan fingerprint density at radius 2 is 1.14 bits per heavy atom. The number of aliphatic carboxylic acids is 1. The molecule has 2 N–H and O–H groups in total. The van der Waals surface area contributed by atoms with E-state index in [1.807, 2.05) is 0 Å². The molecule has 1 aliphatic rings. The van der Waals surface area contributed by atoms with E-state index in [-0.39, 0.29) is 5.25 Å². The molecule has 0 bridgehead atoms. The predicted molar refractivity (Wildman–Crippen MR) is 116 cm³/mol. The maximum absolute atomic E-state index is 12.2. The van der Waals surface area contributed by atoms with Crippen LogP contribution in [0.4, 0.5) is 0 Å². The second-order valence-corrected chi connectivity index (χ2v) is 10.5. The third kappa shape index (κ3) is 13.5. The molecule has 0 saturated heterocycles. The van der Waals surface area contributed by atoms with Crippen LogP contribution < -0.4 is 4.72 Å². The highest BCUT2D eigenvalue weighted by Gasteiger charge is 2.26. The summed E-state index contributed by atoms with van der Waals surface area (Å²) in [6.45, 7) is 0.602. The second kappa shape index (κ2) is 16.2. The average Bonchev–Trinajstić information content (AvgIpc) is 2.68. The Kier molecular flexibility index (Phi) is 14.7. The van der Waals surface area contributed by atoms with E-state index in [2.05, 4.69) is 4.72 Å². The van der Waals surface area contributed by atoms with Gasteiger partial charge in [0.05, 0.1) is 5.25 Å². The number of carboxylic acids is 1. The molecule has 1 rings (SSSR count). The summed E-state index contributed by atoms with van der Waals surface area (Å²) in [4.78, 5) is 10.4. The van der Waals surface area contributed by atoms with Gasteiger partial charge in [-0.15, -0.1) is 0 Å². The summed E-state index contributed by atoms with van der Waals surface area (Å²) in [6, 6.07) is 0. The van der Waals surface area contributed by atoms with Crippen molar-refractivity contribution in [2.75, 3.05) is 6.54 Å². The first-order chi connectivity index (χ1) is 13.5. The van der Waals surface area contributed by atoms with Crippen molar-refractivity contribution >= 4 is 16.0 Å². The fourth-order valence-electron chi connectivity index (χ4n) is 4.05. The van der Waals surface area contributed by atoms with Gasteiger partial charge in [0.15, 0.2) is 0 Å². The second-order valence-electron chi connectivity index (χ2n) is 8.44. The first-order valence-corrected chi connectivity index (χ1v) is 13.3. The molecule has 0 aliphatic heterocycles. The van der Waals surface area contributed by atoms with Gasteiger partial charge in [0.2, 0.25) is 10.0 Å². The molecular weight excluding hydrogens is 374 g/mol. The van der Waals surface area contributed by atoms with Crippen molar-refractivity contribution in [1.29, 1.82) is 0 Å². The number of unbranched alkanes of at least 4 members (excludes halogenated alkanes) is 12. The molecule has 0 aromatic rings. The molecule has 0 spiro atoms. The molecule has 1 aliphatic carbocycles. The van der Waals surface area contributed by atoms with Gasteiger partial charge >= 0.3 is 5.97 Å². The molecule has 28 heavy (non-hydrogen) atoms. The van der Waals surface area contributed by atoms with Gasteiger partial charge in [0, 0.05) is 13.0 Å². The maximum Gasteiger partial charge on any atom is 0.303 e. The van der Waals surface area contributed by atoms with Crippen molar-refractivity contribution in [3.8, 4) is 0 Å². The number of carbonyl (C=O) groups is 1. The molecule has 166 valence electrons. The third-order valence-electron chi connectivity index (χ3n) is 5.86. The van der Waals surface area contributed by atoms with Gasteiger partial charge in [-0.1, -0.05) is 89.9 Å². The van der Waals surface area contributed by atoms with Gasteiger partial charge in [0.1, 0.15) is 0 Å². The fraction of sp³-hybridized carbons (Fsp3) is 0.955. The molecule has 6 heteroatoms. The number of hydrogen-bond donors (Lipinski definition) is 2. The van der Waals surface area contributed by atoms with Crippen molar-refractivity contribution in [3.05, 3.63) is 0 Å². The first-order valence-electron chi connectivity index (χ1n) is 11.7. The van der Waals surface area contributed by atoms with Crippen molar-refractivity contribution in [1.82, 2.24) is 4.72 Å². The monoisotopic (exact) mass is 417 g/mol. The summed E-state index contributed by atoms with van der Waals surface area (Å²) in [6.07, 6.45) is 20.5. The molecule has 0 radical (unpaired) electrons. The topological polar surface area (TPSA) is 83.5 Å². The van der Waals surface area contributed by atoms with Crippen LogP contribution in [0.25, 0.3) is 0 Å². The van der Waals surface area contributed by atoms with E-state index >= 15 is 0 Å². The molecule has 0 atom stereocenters. The summed E-state index contributed by atoms with van der Waals surface area (Å²) < 4.78 is 27.2. The minimum atomic E-state index is -3.08. The lowest BCUT2D eigenvalue weighted by Gasteiger charge is -2.21. The normalized spacial score (nSPS) is 15.7. The van der Waals surface area contributed by atoms with Crippen LogP contribution in [0.1, 0.15) is 122 Å². The van der Waals surface area contributed by atoms with Gasteiger partial charge in [-0.05, 0) is 25.7 Å². The van der Waals surface area contributed by atoms with Gasteiger partial charge in [-0.3, -0.25) is 4.79 Å². The highest BCUT2D eigenvalue weighted by atomic mass is 32.2. The summed E-state index contributed by atoms with van der Waals surface area (Å²) in [5.41, 5.74) is 0. The lowest BCUT2D eigenvalue weighted by atomic mass is 10.0. The Bertz CT molecular complexity index is 487. The van der Waals surface area contributed by atoms with E-state index in [1.54, 1.807) is 0 Å². The summed E-state index contributed by atoms with van der Waals surface area (Å²) in [5.74, 6) is -0.680. The highest BCUT2D eigenvalue weighted by Crippen LogP contribution is 2.23. The van der Waals surface area contributed by atoms with Crippen molar-refractivity contribution in [2.45, 2.75) is 127 Å². The number of sulfonamides is 1. The number of rotatable bonds is 18. The highest BCUT2D eigenvalue weighted by molar-refractivity contribution is 7.90. The summed E-state index contributed by atoms with van der Waals surface area (Å²) in [7, 11) is -3.08. The quantitative estimate of drug-likeness (QED) is 0.277. The van der Waals surface area contributed by atoms with Gasteiger partial charge in [-0.25, -0.2) is 13.1 Å². The number of hydrogen-bond acceptors (Lipinski definition) is 3. The molecule has 0 unspecified atom stereocenters. The van der Waals surface area contributed by atoms with E-state index in [1.165, 1.54) is 57.8 Å². The van der Waals surface area contributed by atoms with E-state index in [0.717, 1.165) is 57.8 Å². The number of nitrogens with one attached hydrogen (secondary N) is 1. The number of carboxylic acid groups (broad SMARTS) is 1. The smallest absolute Gasteiger partial charge is 0.303 e. The van der Waals surface area contributed by atoms with Crippen LogP contribution in [0.5, 0.6) is 0 Å². The van der Waals surface area contributed by atoms with E-state index < -0.39 is 16.0 Å². The first kappa shape index (κ1) is 25.4. The Balaban J connectivity index is 1.80. The Morgan fingerprint density at radius 1 is 0.714 bits per heavy atom. The van der Waals surface area contributed by atoms with Crippen LogP contribution in [-0.2, 0) is 14.8 Å². The van der Waals surface area contributed by atoms with Crippen LogP contribution in [0.3, 0.4) is 0 Å².